The molecule has 2 aromatic carbocycles. The molecule has 1 fully saturated rings. The second-order valence-corrected chi connectivity index (χ2v) is 9.49. The van der Waals surface area contributed by atoms with E-state index in [4.69, 9.17) is 0 Å². The maximum Gasteiger partial charge on any atom is 0.243 e. The molecule has 6 nitrogen and oxygen atoms in total. The van der Waals surface area contributed by atoms with Crippen LogP contribution < -0.4 is 4.90 Å². The fraction of sp³-hybridized carbons (Fsp3) is 0.381. The predicted octanol–water partition coefficient (Wildman–Crippen LogP) is 2.11. The molecule has 0 saturated carbocycles. The van der Waals surface area contributed by atoms with Crippen LogP contribution in [0.4, 0.5) is 10.1 Å². The van der Waals surface area contributed by atoms with Gasteiger partial charge < -0.3 is 9.80 Å². The number of nitrogens with zero attached hydrogens (tertiary/aromatic N) is 3. The predicted molar refractivity (Wildman–Crippen MR) is 109 cm³/mol. The second kappa shape index (κ2) is 7.76. The molecule has 2 aliphatic rings. The molecular weight excluding hydrogens is 393 g/mol. The Morgan fingerprint density at radius 2 is 1.69 bits per heavy atom. The lowest BCUT2D eigenvalue weighted by molar-refractivity contribution is -0.130. The summed E-state index contributed by atoms with van der Waals surface area (Å²) in [4.78, 5) is 16.8. The first-order chi connectivity index (χ1) is 13.9. The van der Waals surface area contributed by atoms with E-state index in [1.54, 1.807) is 4.90 Å². The summed E-state index contributed by atoms with van der Waals surface area (Å²) >= 11 is 0. The lowest BCUT2D eigenvalue weighted by atomic mass is 10.1. The zero-order chi connectivity index (χ0) is 20.6. The van der Waals surface area contributed by atoms with Crippen LogP contribution in [0.25, 0.3) is 0 Å². The molecule has 4 rings (SSSR count). The molecule has 1 atom stereocenters. The molecule has 0 unspecified atom stereocenters. The molecule has 29 heavy (non-hydrogen) atoms. The number of sulfonamides is 1. The highest BCUT2D eigenvalue weighted by Crippen LogP contribution is 2.31. The van der Waals surface area contributed by atoms with Crippen molar-refractivity contribution in [1.29, 1.82) is 0 Å². The van der Waals surface area contributed by atoms with Crippen molar-refractivity contribution in [2.75, 3.05) is 37.6 Å². The van der Waals surface area contributed by atoms with Gasteiger partial charge in [0.25, 0.3) is 0 Å². The summed E-state index contributed by atoms with van der Waals surface area (Å²) in [5.74, 6) is -0.468. The summed E-state index contributed by atoms with van der Waals surface area (Å²) in [5, 5.41) is 0. The Morgan fingerprint density at radius 1 is 1.03 bits per heavy atom. The second-order valence-electron chi connectivity index (χ2n) is 7.55. The van der Waals surface area contributed by atoms with Crippen LogP contribution in [0, 0.1) is 5.82 Å². The number of anilines is 1. The smallest absolute Gasteiger partial charge is 0.243 e. The molecule has 8 heteroatoms. The minimum atomic E-state index is -3.68. The molecule has 2 aliphatic heterocycles. The molecule has 2 heterocycles. The summed E-state index contributed by atoms with van der Waals surface area (Å²) < 4.78 is 39.9. The van der Waals surface area contributed by atoms with Crippen LogP contribution in [-0.4, -0.2) is 62.3 Å². The number of benzene rings is 2. The van der Waals surface area contributed by atoms with Crippen LogP contribution in [-0.2, 0) is 21.2 Å². The van der Waals surface area contributed by atoms with E-state index in [9.17, 15) is 17.6 Å². The molecule has 0 radical (unpaired) electrons. The number of piperazine rings is 1. The van der Waals surface area contributed by atoms with Gasteiger partial charge in [-0.3, -0.25) is 4.79 Å². The number of halogens is 1. The van der Waals surface area contributed by atoms with Crippen molar-refractivity contribution < 1.29 is 17.6 Å². The van der Waals surface area contributed by atoms with Crippen molar-refractivity contribution in [3.8, 4) is 0 Å². The number of hydrogen-bond donors (Lipinski definition) is 0. The van der Waals surface area contributed by atoms with Gasteiger partial charge in [-0.15, -0.1) is 0 Å². The van der Waals surface area contributed by atoms with Crippen molar-refractivity contribution in [3.63, 3.8) is 0 Å². The standard InChI is InChI=1S/C21H24FN3O3S/c1-16-14-17-4-2-3-5-20(17)25(16)15-21(26)23-10-12-24(13-11-23)29(27,28)19-8-6-18(22)7-9-19/h2-9,16H,10-15H2,1H3/t16-/m0/s1. The summed E-state index contributed by atoms with van der Waals surface area (Å²) in [6, 6.07) is 13.2. The number of carbonyl (C=O) groups is 1. The van der Waals surface area contributed by atoms with E-state index in [0.717, 1.165) is 24.2 Å². The van der Waals surface area contributed by atoms with E-state index >= 15 is 0 Å². The Labute approximate surface area is 170 Å². The van der Waals surface area contributed by atoms with E-state index in [1.807, 2.05) is 18.2 Å². The maximum atomic E-state index is 13.1. The number of amides is 1. The summed E-state index contributed by atoms with van der Waals surface area (Å²) in [6.07, 6.45) is 0.924. The summed E-state index contributed by atoms with van der Waals surface area (Å²) in [7, 11) is -3.68. The Balaban J connectivity index is 1.38. The Hall–Kier alpha value is -2.45. The number of fused-ring (bicyclic) bond motifs is 1. The molecule has 0 aliphatic carbocycles. The third-order valence-corrected chi connectivity index (χ3v) is 7.61. The Morgan fingerprint density at radius 3 is 2.38 bits per heavy atom. The summed E-state index contributed by atoms with van der Waals surface area (Å²) in [6.45, 7) is 3.57. The van der Waals surface area contributed by atoms with E-state index < -0.39 is 15.8 Å². The van der Waals surface area contributed by atoms with Crippen LogP contribution in [0.3, 0.4) is 0 Å². The van der Waals surface area contributed by atoms with Gasteiger partial charge in [0.05, 0.1) is 11.4 Å². The van der Waals surface area contributed by atoms with Crippen LogP contribution in [0.1, 0.15) is 12.5 Å². The fourth-order valence-corrected chi connectivity index (χ4v) is 5.47. The van der Waals surface area contributed by atoms with Crippen molar-refractivity contribution in [2.45, 2.75) is 24.3 Å². The first kappa shape index (κ1) is 19.8. The van der Waals surface area contributed by atoms with Crippen molar-refractivity contribution in [1.82, 2.24) is 9.21 Å². The van der Waals surface area contributed by atoms with Crippen molar-refractivity contribution in [3.05, 3.63) is 59.9 Å². The van der Waals surface area contributed by atoms with Gasteiger partial charge in [0.2, 0.25) is 15.9 Å². The number of rotatable bonds is 4. The number of hydrogen-bond acceptors (Lipinski definition) is 4. The van der Waals surface area contributed by atoms with Gasteiger partial charge >= 0.3 is 0 Å². The summed E-state index contributed by atoms with van der Waals surface area (Å²) in [5.41, 5.74) is 2.36. The molecule has 0 N–H and O–H groups in total. The van der Waals surface area contributed by atoms with Gasteiger partial charge in [-0.1, -0.05) is 18.2 Å². The molecule has 154 valence electrons. The largest absolute Gasteiger partial charge is 0.359 e. The van der Waals surface area contributed by atoms with Crippen molar-refractivity contribution >= 4 is 21.6 Å². The number of para-hydroxylation sites is 1. The topological polar surface area (TPSA) is 60.9 Å². The zero-order valence-electron chi connectivity index (χ0n) is 16.3. The SMILES string of the molecule is C[C@H]1Cc2ccccc2N1CC(=O)N1CCN(S(=O)(=O)c2ccc(F)cc2)CC1. The molecule has 0 spiro atoms. The highest BCUT2D eigenvalue weighted by Gasteiger charge is 2.32. The molecule has 1 saturated heterocycles. The lowest BCUT2D eigenvalue weighted by Crippen LogP contribution is -2.53. The first-order valence-corrected chi connectivity index (χ1v) is 11.2. The van der Waals surface area contributed by atoms with Gasteiger partial charge in [-0.25, -0.2) is 12.8 Å². The first-order valence-electron chi connectivity index (χ1n) is 9.74. The molecule has 2 aromatic rings. The number of carbonyl (C=O) groups excluding carboxylic acids is 1. The van der Waals surface area contributed by atoms with Gasteiger partial charge in [0, 0.05) is 37.9 Å². The van der Waals surface area contributed by atoms with E-state index in [1.165, 1.54) is 22.0 Å². The molecular formula is C21H24FN3O3S. The van der Waals surface area contributed by atoms with Crippen LogP contribution in [0.15, 0.2) is 53.4 Å². The molecule has 0 aromatic heterocycles. The van der Waals surface area contributed by atoms with Gasteiger partial charge in [0.15, 0.2) is 0 Å². The average molecular weight is 418 g/mol. The third kappa shape index (κ3) is 3.86. The maximum absolute atomic E-state index is 13.1. The van der Waals surface area contributed by atoms with E-state index in [-0.39, 0.29) is 29.9 Å². The minimum absolute atomic E-state index is 0.00684. The van der Waals surface area contributed by atoms with E-state index in [2.05, 4.69) is 17.9 Å². The average Bonchev–Trinajstić information content (AvgIpc) is 3.03. The molecule has 0 bridgehead atoms. The van der Waals surface area contributed by atoms with Gasteiger partial charge in [-0.05, 0) is 49.2 Å². The van der Waals surface area contributed by atoms with Gasteiger partial charge in [0.1, 0.15) is 5.82 Å². The van der Waals surface area contributed by atoms with Crippen LogP contribution >= 0.6 is 0 Å². The highest BCUT2D eigenvalue weighted by molar-refractivity contribution is 7.89. The lowest BCUT2D eigenvalue weighted by Gasteiger charge is -2.35. The molecule has 1 amide bonds. The van der Waals surface area contributed by atoms with Crippen LogP contribution in [0.5, 0.6) is 0 Å². The quantitative estimate of drug-likeness (QED) is 0.765. The zero-order valence-corrected chi connectivity index (χ0v) is 17.1. The van der Waals surface area contributed by atoms with Gasteiger partial charge in [-0.2, -0.15) is 4.31 Å². The minimum Gasteiger partial charge on any atom is -0.359 e. The van der Waals surface area contributed by atoms with Crippen LogP contribution in [0.2, 0.25) is 0 Å². The highest BCUT2D eigenvalue weighted by atomic mass is 32.2. The monoisotopic (exact) mass is 417 g/mol. The van der Waals surface area contributed by atoms with Crippen molar-refractivity contribution in [2.24, 2.45) is 0 Å². The van der Waals surface area contributed by atoms with E-state index in [0.29, 0.717) is 19.6 Å². The Bertz CT molecular complexity index is 1000. The Kier molecular flexibility index (Phi) is 5.31. The fourth-order valence-electron chi connectivity index (χ4n) is 4.05. The normalized spacial score (nSPS) is 20.0. The third-order valence-electron chi connectivity index (χ3n) is 5.70.